The average molecular weight is 377 g/mol. The monoisotopic (exact) mass is 377 g/mol. The van der Waals surface area contributed by atoms with Crippen LogP contribution in [0, 0.1) is 0 Å². The van der Waals surface area contributed by atoms with E-state index in [9.17, 15) is 9.59 Å². The van der Waals surface area contributed by atoms with Crippen LogP contribution in [-0.2, 0) is 13.0 Å². The van der Waals surface area contributed by atoms with Gasteiger partial charge >= 0.3 is 0 Å². The van der Waals surface area contributed by atoms with Crippen LogP contribution in [0.1, 0.15) is 38.8 Å². The van der Waals surface area contributed by atoms with Gasteiger partial charge in [-0.15, -0.1) is 0 Å². The van der Waals surface area contributed by atoms with Crippen LogP contribution in [0.15, 0.2) is 48.5 Å². The number of likely N-dealkylation sites (N-methyl/N-ethyl adjacent to an activating group) is 1. The fourth-order valence-electron chi connectivity index (χ4n) is 4.09. The van der Waals surface area contributed by atoms with E-state index in [2.05, 4.69) is 24.0 Å². The van der Waals surface area contributed by atoms with E-state index in [1.54, 1.807) is 6.07 Å². The third-order valence-electron chi connectivity index (χ3n) is 5.88. The zero-order chi connectivity index (χ0) is 19.5. The maximum Gasteiger partial charge on any atom is 0.254 e. The van der Waals surface area contributed by atoms with Crippen molar-refractivity contribution in [3.05, 3.63) is 70.8 Å². The number of hydrogen-bond donors (Lipinski definition) is 0. The predicted molar refractivity (Wildman–Crippen MR) is 109 cm³/mol. The fourth-order valence-corrected chi connectivity index (χ4v) is 4.09. The Balaban J connectivity index is 1.46. The first-order valence-corrected chi connectivity index (χ1v) is 10.1. The summed E-state index contributed by atoms with van der Waals surface area (Å²) in [4.78, 5) is 32.1. The van der Waals surface area contributed by atoms with Crippen molar-refractivity contribution in [2.45, 2.75) is 19.9 Å². The summed E-state index contributed by atoms with van der Waals surface area (Å²) in [5.41, 5.74) is 3.73. The second kappa shape index (κ2) is 8.15. The van der Waals surface area contributed by atoms with Gasteiger partial charge in [-0.3, -0.25) is 9.59 Å². The van der Waals surface area contributed by atoms with Gasteiger partial charge in [0.1, 0.15) is 0 Å². The standard InChI is InChI=1S/C23H27N3O2/c1-2-24-12-14-25(15-13-24)22(27)19-8-5-9-20(16-19)23(28)26-11-10-18-6-3-4-7-21(18)17-26/h3-9,16H,2,10-15,17H2,1H3. The summed E-state index contributed by atoms with van der Waals surface area (Å²) in [5, 5.41) is 0. The molecule has 1 fully saturated rings. The van der Waals surface area contributed by atoms with Gasteiger partial charge in [0.25, 0.3) is 11.8 Å². The first-order valence-electron chi connectivity index (χ1n) is 10.1. The molecule has 0 bridgehead atoms. The van der Waals surface area contributed by atoms with Crippen molar-refractivity contribution in [1.82, 2.24) is 14.7 Å². The highest BCUT2D eigenvalue weighted by molar-refractivity contribution is 5.99. The van der Waals surface area contributed by atoms with E-state index in [1.165, 1.54) is 11.1 Å². The zero-order valence-corrected chi connectivity index (χ0v) is 16.4. The second-order valence-electron chi connectivity index (χ2n) is 7.55. The molecule has 2 heterocycles. The average Bonchev–Trinajstić information content (AvgIpc) is 2.78. The smallest absolute Gasteiger partial charge is 0.254 e. The molecule has 0 saturated carbocycles. The third kappa shape index (κ3) is 3.80. The topological polar surface area (TPSA) is 43.9 Å². The molecule has 5 heteroatoms. The molecule has 5 nitrogen and oxygen atoms in total. The van der Waals surface area contributed by atoms with Gasteiger partial charge in [0.15, 0.2) is 0 Å². The summed E-state index contributed by atoms with van der Waals surface area (Å²) in [6.07, 6.45) is 0.877. The molecule has 2 aliphatic heterocycles. The quantitative estimate of drug-likeness (QED) is 0.826. The summed E-state index contributed by atoms with van der Waals surface area (Å²) >= 11 is 0. The number of nitrogens with zero attached hydrogens (tertiary/aromatic N) is 3. The van der Waals surface area contributed by atoms with Gasteiger partial charge in [-0.05, 0) is 42.3 Å². The molecule has 28 heavy (non-hydrogen) atoms. The van der Waals surface area contributed by atoms with Gasteiger partial charge in [0, 0.05) is 50.4 Å². The van der Waals surface area contributed by atoms with Gasteiger partial charge in [0.05, 0.1) is 0 Å². The minimum atomic E-state index is -0.0000413. The molecule has 0 radical (unpaired) electrons. The minimum Gasteiger partial charge on any atom is -0.336 e. The van der Waals surface area contributed by atoms with E-state index in [0.717, 1.165) is 39.1 Å². The maximum atomic E-state index is 13.0. The van der Waals surface area contributed by atoms with Gasteiger partial charge in [0.2, 0.25) is 0 Å². The van der Waals surface area contributed by atoms with Gasteiger partial charge in [-0.25, -0.2) is 0 Å². The van der Waals surface area contributed by atoms with Crippen LogP contribution in [0.3, 0.4) is 0 Å². The second-order valence-corrected chi connectivity index (χ2v) is 7.55. The molecule has 0 N–H and O–H groups in total. The molecule has 1 saturated heterocycles. The molecule has 0 spiro atoms. The molecule has 2 aromatic rings. The van der Waals surface area contributed by atoms with E-state index in [4.69, 9.17) is 0 Å². The van der Waals surface area contributed by atoms with Crippen LogP contribution in [0.5, 0.6) is 0 Å². The van der Waals surface area contributed by atoms with E-state index >= 15 is 0 Å². The Labute approximate surface area is 166 Å². The molecular formula is C23H27N3O2. The number of piperazine rings is 1. The molecule has 2 aliphatic rings. The summed E-state index contributed by atoms with van der Waals surface area (Å²) in [6.45, 7) is 7.82. The lowest BCUT2D eigenvalue weighted by Gasteiger charge is -2.34. The number of fused-ring (bicyclic) bond motifs is 1. The predicted octanol–water partition coefficient (Wildman–Crippen LogP) is 2.66. The molecule has 2 aromatic carbocycles. The van der Waals surface area contributed by atoms with Gasteiger partial charge < -0.3 is 14.7 Å². The SMILES string of the molecule is CCN1CCN(C(=O)c2cccc(C(=O)N3CCc4ccccc4C3)c2)CC1. The number of hydrogen-bond acceptors (Lipinski definition) is 3. The Bertz CT molecular complexity index is 872. The number of amides is 2. The number of carbonyl (C=O) groups is 2. The van der Waals surface area contributed by atoms with E-state index in [-0.39, 0.29) is 11.8 Å². The van der Waals surface area contributed by atoms with Crippen molar-refractivity contribution >= 4 is 11.8 Å². The van der Waals surface area contributed by atoms with E-state index in [0.29, 0.717) is 24.2 Å². The van der Waals surface area contributed by atoms with Crippen LogP contribution < -0.4 is 0 Å². The normalized spacial score (nSPS) is 17.3. The largest absolute Gasteiger partial charge is 0.336 e. The third-order valence-corrected chi connectivity index (χ3v) is 5.88. The van der Waals surface area contributed by atoms with Crippen molar-refractivity contribution in [2.24, 2.45) is 0 Å². The highest BCUT2D eigenvalue weighted by Crippen LogP contribution is 2.21. The molecule has 0 atom stereocenters. The van der Waals surface area contributed by atoms with Gasteiger partial charge in [-0.1, -0.05) is 37.3 Å². The zero-order valence-electron chi connectivity index (χ0n) is 16.4. The van der Waals surface area contributed by atoms with Crippen molar-refractivity contribution in [2.75, 3.05) is 39.3 Å². The molecular weight excluding hydrogens is 350 g/mol. The molecule has 0 aliphatic carbocycles. The van der Waals surface area contributed by atoms with Crippen LogP contribution in [0.4, 0.5) is 0 Å². The first-order chi connectivity index (χ1) is 13.7. The Morgan fingerprint density at radius 1 is 0.786 bits per heavy atom. The van der Waals surface area contributed by atoms with Crippen LogP contribution in [-0.4, -0.2) is 65.8 Å². The van der Waals surface area contributed by atoms with Crippen LogP contribution in [0.25, 0.3) is 0 Å². The lowest BCUT2D eigenvalue weighted by molar-refractivity contribution is 0.0643. The Hall–Kier alpha value is -2.66. The molecule has 0 aromatic heterocycles. The maximum absolute atomic E-state index is 13.0. The molecule has 2 amide bonds. The first kappa shape index (κ1) is 18.7. The summed E-state index contributed by atoms with van der Waals surface area (Å²) in [5.74, 6) is 0.0225. The van der Waals surface area contributed by atoms with Crippen molar-refractivity contribution in [3.63, 3.8) is 0 Å². The summed E-state index contributed by atoms with van der Waals surface area (Å²) in [7, 11) is 0. The minimum absolute atomic E-state index is 0.0000413. The van der Waals surface area contributed by atoms with Crippen molar-refractivity contribution < 1.29 is 9.59 Å². The number of rotatable bonds is 3. The fraction of sp³-hybridized carbons (Fsp3) is 0.391. The van der Waals surface area contributed by atoms with Crippen LogP contribution in [0.2, 0.25) is 0 Å². The lowest BCUT2D eigenvalue weighted by atomic mass is 9.99. The van der Waals surface area contributed by atoms with Crippen molar-refractivity contribution in [3.8, 4) is 0 Å². The number of carbonyl (C=O) groups excluding carboxylic acids is 2. The van der Waals surface area contributed by atoms with E-state index < -0.39 is 0 Å². The van der Waals surface area contributed by atoms with Gasteiger partial charge in [-0.2, -0.15) is 0 Å². The Kier molecular flexibility index (Phi) is 5.44. The molecule has 4 rings (SSSR count). The van der Waals surface area contributed by atoms with E-state index in [1.807, 2.05) is 40.1 Å². The summed E-state index contributed by atoms with van der Waals surface area (Å²) in [6, 6.07) is 15.5. The molecule has 146 valence electrons. The van der Waals surface area contributed by atoms with Crippen molar-refractivity contribution in [1.29, 1.82) is 0 Å². The lowest BCUT2D eigenvalue weighted by Crippen LogP contribution is -2.48. The number of benzene rings is 2. The molecule has 0 unspecified atom stereocenters. The Morgan fingerprint density at radius 2 is 1.43 bits per heavy atom. The highest BCUT2D eigenvalue weighted by Gasteiger charge is 2.24. The summed E-state index contributed by atoms with van der Waals surface area (Å²) < 4.78 is 0. The van der Waals surface area contributed by atoms with Crippen LogP contribution >= 0.6 is 0 Å². The Morgan fingerprint density at radius 3 is 2.11 bits per heavy atom. The highest BCUT2D eigenvalue weighted by atomic mass is 16.2.